The molecule has 1 amide bonds. The van der Waals surface area contributed by atoms with Crippen LogP contribution in [0.1, 0.15) is 31.0 Å². The van der Waals surface area contributed by atoms with Crippen LogP contribution in [-0.2, 0) is 11.2 Å². The number of fused-ring (bicyclic) bond motifs is 1. The standard InChI is InChI=1S/C15H17N3O2/c1-3-9-7-12(18-14(19)10-4-5-10)17-11-6-8(2)16-15(20)13(9)11/h6-7,10H,3-5H2,1-2H3,(H,16,20)(H,17,18,19). The van der Waals surface area contributed by atoms with E-state index in [9.17, 15) is 9.59 Å². The largest absolute Gasteiger partial charge is 0.326 e. The van der Waals surface area contributed by atoms with Gasteiger partial charge in [0.15, 0.2) is 0 Å². The summed E-state index contributed by atoms with van der Waals surface area (Å²) < 4.78 is 0. The van der Waals surface area contributed by atoms with Crippen molar-refractivity contribution < 1.29 is 4.79 Å². The highest BCUT2D eigenvalue weighted by Crippen LogP contribution is 2.30. The Morgan fingerprint density at radius 3 is 2.85 bits per heavy atom. The molecule has 0 aliphatic heterocycles. The normalized spacial score (nSPS) is 14.5. The van der Waals surface area contributed by atoms with E-state index in [4.69, 9.17) is 0 Å². The molecule has 2 heterocycles. The van der Waals surface area contributed by atoms with Crippen LogP contribution in [-0.4, -0.2) is 15.9 Å². The van der Waals surface area contributed by atoms with Crippen LogP contribution in [0, 0.1) is 12.8 Å². The summed E-state index contributed by atoms with van der Waals surface area (Å²) in [4.78, 5) is 31.1. The zero-order valence-electron chi connectivity index (χ0n) is 11.6. The SMILES string of the molecule is CCc1cc(NC(=O)C2CC2)nc2cc(C)[nH]c(=O)c12. The van der Waals surface area contributed by atoms with Crippen molar-refractivity contribution in [3.8, 4) is 0 Å². The average Bonchev–Trinajstić information content (AvgIpc) is 3.21. The van der Waals surface area contributed by atoms with Crippen molar-refractivity contribution in [3.05, 3.63) is 33.7 Å². The predicted octanol–water partition coefficient (Wildman–Crippen LogP) is 2.14. The molecule has 0 radical (unpaired) electrons. The van der Waals surface area contributed by atoms with Gasteiger partial charge in [-0.3, -0.25) is 9.59 Å². The van der Waals surface area contributed by atoms with Crippen molar-refractivity contribution in [1.82, 2.24) is 9.97 Å². The zero-order valence-corrected chi connectivity index (χ0v) is 11.6. The molecule has 5 nitrogen and oxygen atoms in total. The van der Waals surface area contributed by atoms with E-state index in [-0.39, 0.29) is 17.4 Å². The van der Waals surface area contributed by atoms with E-state index in [1.54, 1.807) is 6.07 Å². The van der Waals surface area contributed by atoms with Gasteiger partial charge in [-0.05, 0) is 43.9 Å². The summed E-state index contributed by atoms with van der Waals surface area (Å²) >= 11 is 0. The molecule has 0 bridgehead atoms. The van der Waals surface area contributed by atoms with Crippen molar-refractivity contribution in [1.29, 1.82) is 0 Å². The number of H-pyrrole nitrogens is 1. The molecule has 5 heteroatoms. The molecule has 3 rings (SSSR count). The van der Waals surface area contributed by atoms with Crippen LogP contribution in [0.5, 0.6) is 0 Å². The molecular formula is C15H17N3O2. The Bertz CT molecular complexity index is 745. The van der Waals surface area contributed by atoms with Gasteiger partial charge in [-0.1, -0.05) is 6.92 Å². The highest BCUT2D eigenvalue weighted by atomic mass is 16.2. The number of hydrogen-bond acceptors (Lipinski definition) is 3. The Morgan fingerprint density at radius 2 is 2.20 bits per heavy atom. The summed E-state index contributed by atoms with van der Waals surface area (Å²) in [6.45, 7) is 3.81. The Labute approximate surface area is 116 Å². The molecule has 20 heavy (non-hydrogen) atoms. The van der Waals surface area contributed by atoms with E-state index in [0.717, 1.165) is 30.5 Å². The van der Waals surface area contributed by atoms with Gasteiger partial charge >= 0.3 is 0 Å². The molecule has 2 aromatic heterocycles. The number of amides is 1. The first-order chi connectivity index (χ1) is 9.58. The van der Waals surface area contributed by atoms with Crippen molar-refractivity contribution >= 4 is 22.6 Å². The number of pyridine rings is 2. The topological polar surface area (TPSA) is 74.8 Å². The fourth-order valence-electron chi connectivity index (χ4n) is 2.39. The number of aromatic amines is 1. The lowest BCUT2D eigenvalue weighted by Crippen LogP contribution is -2.16. The minimum Gasteiger partial charge on any atom is -0.326 e. The number of nitrogens with zero attached hydrogens (tertiary/aromatic N) is 1. The molecule has 0 aromatic carbocycles. The van der Waals surface area contributed by atoms with Crippen molar-refractivity contribution in [2.75, 3.05) is 5.32 Å². The van der Waals surface area contributed by atoms with Crippen LogP contribution in [0.25, 0.3) is 10.9 Å². The first-order valence-corrected chi connectivity index (χ1v) is 6.93. The molecule has 104 valence electrons. The number of anilines is 1. The highest BCUT2D eigenvalue weighted by Gasteiger charge is 2.29. The average molecular weight is 271 g/mol. The van der Waals surface area contributed by atoms with Gasteiger partial charge in [-0.15, -0.1) is 0 Å². The second kappa shape index (κ2) is 4.74. The van der Waals surface area contributed by atoms with Crippen LogP contribution in [0.2, 0.25) is 0 Å². The lowest BCUT2D eigenvalue weighted by Gasteiger charge is -2.09. The van der Waals surface area contributed by atoms with Gasteiger partial charge in [-0.2, -0.15) is 0 Å². The second-order valence-electron chi connectivity index (χ2n) is 5.33. The summed E-state index contributed by atoms with van der Waals surface area (Å²) in [5, 5.41) is 3.46. The smallest absolute Gasteiger partial charge is 0.257 e. The Kier molecular flexibility index (Phi) is 3.04. The highest BCUT2D eigenvalue weighted by molar-refractivity contribution is 5.95. The van der Waals surface area contributed by atoms with E-state index in [1.165, 1.54) is 0 Å². The zero-order chi connectivity index (χ0) is 14.3. The third-order valence-corrected chi connectivity index (χ3v) is 3.60. The van der Waals surface area contributed by atoms with E-state index in [0.29, 0.717) is 16.7 Å². The van der Waals surface area contributed by atoms with E-state index in [2.05, 4.69) is 15.3 Å². The molecule has 0 unspecified atom stereocenters. The van der Waals surface area contributed by atoms with Crippen LogP contribution in [0.15, 0.2) is 16.9 Å². The van der Waals surface area contributed by atoms with E-state index < -0.39 is 0 Å². The van der Waals surface area contributed by atoms with Gasteiger partial charge in [-0.25, -0.2) is 4.98 Å². The molecule has 2 N–H and O–H groups in total. The number of rotatable bonds is 3. The fraction of sp³-hybridized carbons (Fsp3) is 0.400. The Morgan fingerprint density at radius 1 is 1.45 bits per heavy atom. The lowest BCUT2D eigenvalue weighted by atomic mass is 10.1. The van der Waals surface area contributed by atoms with Gasteiger partial charge < -0.3 is 10.3 Å². The number of nitrogens with one attached hydrogen (secondary N) is 2. The summed E-state index contributed by atoms with van der Waals surface area (Å²) in [6.07, 6.45) is 2.63. The van der Waals surface area contributed by atoms with Crippen LogP contribution in [0.4, 0.5) is 5.82 Å². The molecule has 1 saturated carbocycles. The lowest BCUT2D eigenvalue weighted by molar-refractivity contribution is -0.117. The minimum atomic E-state index is -0.121. The summed E-state index contributed by atoms with van der Waals surface area (Å²) in [7, 11) is 0. The molecule has 1 fully saturated rings. The van der Waals surface area contributed by atoms with Gasteiger partial charge in [0.25, 0.3) is 5.56 Å². The van der Waals surface area contributed by atoms with Crippen molar-refractivity contribution in [2.45, 2.75) is 33.1 Å². The first kappa shape index (κ1) is 12.8. The predicted molar refractivity (Wildman–Crippen MR) is 77.8 cm³/mol. The molecule has 0 spiro atoms. The summed E-state index contributed by atoms with van der Waals surface area (Å²) in [5.41, 5.74) is 2.19. The quantitative estimate of drug-likeness (QED) is 0.898. The summed E-state index contributed by atoms with van der Waals surface area (Å²) in [6, 6.07) is 3.63. The minimum absolute atomic E-state index is 0.0282. The van der Waals surface area contributed by atoms with Gasteiger partial charge in [0.1, 0.15) is 5.82 Å². The molecule has 0 atom stereocenters. The van der Waals surface area contributed by atoms with E-state index >= 15 is 0 Å². The van der Waals surface area contributed by atoms with Gasteiger partial charge in [0, 0.05) is 11.6 Å². The van der Waals surface area contributed by atoms with Gasteiger partial charge in [0.05, 0.1) is 10.9 Å². The monoisotopic (exact) mass is 271 g/mol. The number of aryl methyl sites for hydroxylation is 2. The van der Waals surface area contributed by atoms with Crippen LogP contribution < -0.4 is 10.9 Å². The molecule has 1 aliphatic rings. The molecule has 2 aromatic rings. The first-order valence-electron chi connectivity index (χ1n) is 6.93. The Hall–Kier alpha value is -2.17. The molecular weight excluding hydrogens is 254 g/mol. The summed E-state index contributed by atoms with van der Waals surface area (Å²) in [5.74, 6) is 0.704. The van der Waals surface area contributed by atoms with Crippen LogP contribution >= 0.6 is 0 Å². The second-order valence-corrected chi connectivity index (χ2v) is 5.33. The number of carbonyl (C=O) groups excluding carboxylic acids is 1. The maximum absolute atomic E-state index is 12.0. The maximum Gasteiger partial charge on any atom is 0.257 e. The van der Waals surface area contributed by atoms with Crippen molar-refractivity contribution in [3.63, 3.8) is 0 Å². The van der Waals surface area contributed by atoms with Gasteiger partial charge in [0.2, 0.25) is 5.91 Å². The maximum atomic E-state index is 12.0. The molecule has 1 aliphatic carbocycles. The van der Waals surface area contributed by atoms with Crippen molar-refractivity contribution in [2.24, 2.45) is 5.92 Å². The van der Waals surface area contributed by atoms with Crippen LogP contribution in [0.3, 0.4) is 0 Å². The Balaban J connectivity index is 2.10. The molecule has 0 saturated heterocycles. The van der Waals surface area contributed by atoms with E-state index in [1.807, 2.05) is 19.9 Å². The third kappa shape index (κ3) is 2.31. The fourth-order valence-corrected chi connectivity index (χ4v) is 2.39. The number of aromatic nitrogens is 2. The third-order valence-electron chi connectivity index (χ3n) is 3.60. The number of carbonyl (C=O) groups is 1. The number of hydrogen-bond donors (Lipinski definition) is 2.